The van der Waals surface area contributed by atoms with E-state index < -0.39 is 23.6 Å². The first-order valence-electron chi connectivity index (χ1n) is 9.05. The number of aromatic nitrogens is 1. The highest BCUT2D eigenvalue weighted by Gasteiger charge is 2.31. The van der Waals surface area contributed by atoms with Gasteiger partial charge in [-0.1, -0.05) is 6.07 Å². The minimum atomic E-state index is -4.58. The number of hydrogen-bond donors (Lipinski definition) is 2. The number of alkyl halides is 3. The fraction of sp³-hybridized carbons (Fsp3) is 0.238. The lowest BCUT2D eigenvalue weighted by atomic mass is 10.1. The lowest BCUT2D eigenvalue weighted by Gasteiger charge is -2.15. The Kier molecular flexibility index (Phi) is 6.02. The predicted octanol–water partition coefficient (Wildman–Crippen LogP) is 5.44. The van der Waals surface area contributed by atoms with E-state index in [1.807, 2.05) is 29.0 Å². The molecule has 2 aromatic heterocycles. The molecule has 0 aliphatic heterocycles. The zero-order chi connectivity index (χ0) is 22.1. The summed E-state index contributed by atoms with van der Waals surface area (Å²) in [7, 11) is 0. The number of halogens is 3. The van der Waals surface area contributed by atoms with E-state index in [1.54, 1.807) is 24.3 Å². The van der Waals surface area contributed by atoms with E-state index in [2.05, 4.69) is 10.6 Å². The SMILES string of the molecule is CC(=O)Nc1ccc(C(F)(F)F)cc1NC(=O)c1cc(C)n(Cc2cccs2)c1C. The Morgan fingerprint density at radius 3 is 2.40 bits per heavy atom. The maximum atomic E-state index is 13.1. The van der Waals surface area contributed by atoms with Gasteiger partial charge in [-0.15, -0.1) is 11.3 Å². The Bertz CT molecular complexity index is 1090. The maximum absolute atomic E-state index is 13.1. The number of amides is 2. The molecule has 2 N–H and O–H groups in total. The van der Waals surface area contributed by atoms with Gasteiger partial charge in [-0.2, -0.15) is 13.2 Å². The summed E-state index contributed by atoms with van der Waals surface area (Å²) >= 11 is 1.60. The molecule has 158 valence electrons. The molecule has 0 spiro atoms. The predicted molar refractivity (Wildman–Crippen MR) is 111 cm³/mol. The zero-order valence-corrected chi connectivity index (χ0v) is 17.4. The van der Waals surface area contributed by atoms with Crippen LogP contribution < -0.4 is 10.6 Å². The molecular weight excluding hydrogens is 415 g/mol. The third-order valence-electron chi connectivity index (χ3n) is 4.62. The molecule has 0 atom stereocenters. The fourth-order valence-electron chi connectivity index (χ4n) is 3.14. The van der Waals surface area contributed by atoms with Gasteiger partial charge in [-0.3, -0.25) is 9.59 Å². The summed E-state index contributed by atoms with van der Waals surface area (Å²) in [5.74, 6) is -1.01. The zero-order valence-electron chi connectivity index (χ0n) is 16.6. The molecule has 0 unspecified atom stereocenters. The van der Waals surface area contributed by atoms with Crippen LogP contribution in [0.5, 0.6) is 0 Å². The Hall–Kier alpha value is -3.07. The highest BCUT2D eigenvalue weighted by atomic mass is 32.1. The first kappa shape index (κ1) is 21.6. The Morgan fingerprint density at radius 1 is 1.07 bits per heavy atom. The topological polar surface area (TPSA) is 63.1 Å². The number of carbonyl (C=O) groups is 2. The van der Waals surface area contributed by atoms with Crippen LogP contribution in [0, 0.1) is 13.8 Å². The van der Waals surface area contributed by atoms with Crippen molar-refractivity contribution in [1.82, 2.24) is 4.57 Å². The van der Waals surface area contributed by atoms with Gasteiger partial charge in [0, 0.05) is 23.2 Å². The summed E-state index contributed by atoms with van der Waals surface area (Å²) in [6, 6.07) is 8.43. The van der Waals surface area contributed by atoms with Gasteiger partial charge in [0.2, 0.25) is 5.91 Å². The van der Waals surface area contributed by atoms with Gasteiger partial charge in [-0.05, 0) is 49.6 Å². The Balaban J connectivity index is 1.92. The smallest absolute Gasteiger partial charge is 0.343 e. The molecule has 0 aliphatic rings. The normalized spacial score (nSPS) is 11.4. The van der Waals surface area contributed by atoms with E-state index in [-0.39, 0.29) is 11.4 Å². The van der Waals surface area contributed by atoms with E-state index in [0.29, 0.717) is 17.8 Å². The number of benzene rings is 1. The van der Waals surface area contributed by atoms with Crippen LogP contribution in [0.1, 0.15) is 39.1 Å². The molecule has 0 saturated heterocycles. The van der Waals surface area contributed by atoms with Gasteiger partial charge in [0.05, 0.1) is 29.0 Å². The van der Waals surface area contributed by atoms with Crippen molar-refractivity contribution < 1.29 is 22.8 Å². The summed E-state index contributed by atoms with van der Waals surface area (Å²) in [5, 5.41) is 6.93. The van der Waals surface area contributed by atoms with E-state index in [0.717, 1.165) is 28.8 Å². The highest BCUT2D eigenvalue weighted by Crippen LogP contribution is 2.34. The Labute approximate surface area is 175 Å². The minimum Gasteiger partial charge on any atom is -0.343 e. The van der Waals surface area contributed by atoms with Gasteiger partial charge in [0.25, 0.3) is 5.91 Å². The minimum absolute atomic E-state index is 0.0937. The molecule has 3 rings (SSSR count). The number of hydrogen-bond acceptors (Lipinski definition) is 3. The molecule has 2 amide bonds. The number of carbonyl (C=O) groups excluding carboxylic acids is 2. The first-order chi connectivity index (χ1) is 14.1. The van der Waals surface area contributed by atoms with Crippen molar-refractivity contribution in [3.05, 3.63) is 69.2 Å². The third-order valence-corrected chi connectivity index (χ3v) is 5.48. The van der Waals surface area contributed by atoms with Crippen molar-refractivity contribution in [2.75, 3.05) is 10.6 Å². The van der Waals surface area contributed by atoms with Crippen LogP contribution in [0.3, 0.4) is 0 Å². The van der Waals surface area contributed by atoms with Crippen molar-refractivity contribution in [3.8, 4) is 0 Å². The number of aryl methyl sites for hydroxylation is 1. The number of nitrogens with zero attached hydrogens (tertiary/aromatic N) is 1. The summed E-state index contributed by atoms with van der Waals surface area (Å²) in [6.07, 6.45) is -4.58. The molecule has 0 saturated carbocycles. The average molecular weight is 435 g/mol. The second-order valence-corrected chi connectivity index (χ2v) is 7.88. The molecule has 0 bridgehead atoms. The lowest BCUT2D eigenvalue weighted by Crippen LogP contribution is -2.17. The number of thiophene rings is 1. The molecular formula is C21H20F3N3O2S. The molecule has 9 heteroatoms. The van der Waals surface area contributed by atoms with Gasteiger partial charge in [0.15, 0.2) is 0 Å². The standard InChI is InChI=1S/C21H20F3N3O2S/c1-12-9-17(13(2)27(12)11-16-5-4-8-30-16)20(29)26-19-10-15(21(22,23)24)6-7-18(19)25-14(3)28/h4-10H,11H2,1-3H3,(H,25,28)(H,26,29). The van der Waals surface area contributed by atoms with Gasteiger partial charge < -0.3 is 15.2 Å². The van der Waals surface area contributed by atoms with Crippen molar-refractivity contribution in [3.63, 3.8) is 0 Å². The van der Waals surface area contributed by atoms with Crippen LogP contribution in [-0.2, 0) is 17.5 Å². The van der Waals surface area contributed by atoms with Crippen molar-refractivity contribution in [1.29, 1.82) is 0 Å². The van der Waals surface area contributed by atoms with Crippen LogP contribution >= 0.6 is 11.3 Å². The molecule has 0 fully saturated rings. The van der Waals surface area contributed by atoms with E-state index in [9.17, 15) is 22.8 Å². The molecule has 30 heavy (non-hydrogen) atoms. The Morgan fingerprint density at radius 2 is 1.80 bits per heavy atom. The van der Waals surface area contributed by atoms with E-state index in [1.165, 1.54) is 6.92 Å². The number of rotatable bonds is 5. The van der Waals surface area contributed by atoms with Crippen LogP contribution in [0.2, 0.25) is 0 Å². The molecule has 3 aromatic rings. The summed E-state index contributed by atoms with van der Waals surface area (Å²) in [6.45, 7) is 5.49. The monoisotopic (exact) mass is 435 g/mol. The maximum Gasteiger partial charge on any atom is 0.416 e. The molecule has 5 nitrogen and oxygen atoms in total. The van der Waals surface area contributed by atoms with Crippen LogP contribution in [-0.4, -0.2) is 16.4 Å². The first-order valence-corrected chi connectivity index (χ1v) is 9.93. The molecule has 2 heterocycles. The quantitative estimate of drug-likeness (QED) is 0.560. The van der Waals surface area contributed by atoms with Crippen LogP contribution in [0.15, 0.2) is 41.8 Å². The van der Waals surface area contributed by atoms with Crippen molar-refractivity contribution >= 4 is 34.5 Å². The molecule has 1 aromatic carbocycles. The number of nitrogens with one attached hydrogen (secondary N) is 2. The second kappa shape index (κ2) is 8.35. The van der Waals surface area contributed by atoms with E-state index >= 15 is 0 Å². The number of anilines is 2. The molecule has 0 radical (unpaired) electrons. The molecule has 0 aliphatic carbocycles. The van der Waals surface area contributed by atoms with Crippen molar-refractivity contribution in [2.24, 2.45) is 0 Å². The van der Waals surface area contributed by atoms with Crippen molar-refractivity contribution in [2.45, 2.75) is 33.5 Å². The average Bonchev–Trinajstić information content (AvgIpc) is 3.25. The van der Waals surface area contributed by atoms with Gasteiger partial charge in [0.1, 0.15) is 0 Å². The second-order valence-electron chi connectivity index (χ2n) is 6.84. The summed E-state index contributed by atoms with van der Waals surface area (Å²) in [4.78, 5) is 25.4. The summed E-state index contributed by atoms with van der Waals surface area (Å²) < 4.78 is 41.3. The van der Waals surface area contributed by atoms with E-state index in [4.69, 9.17) is 0 Å². The highest BCUT2D eigenvalue weighted by molar-refractivity contribution is 7.09. The van der Waals surface area contributed by atoms with Gasteiger partial charge >= 0.3 is 6.18 Å². The van der Waals surface area contributed by atoms with Gasteiger partial charge in [-0.25, -0.2) is 0 Å². The third kappa shape index (κ3) is 4.73. The largest absolute Gasteiger partial charge is 0.416 e. The fourth-order valence-corrected chi connectivity index (χ4v) is 3.84. The summed E-state index contributed by atoms with van der Waals surface area (Å²) in [5.41, 5.74) is 0.971. The van der Waals surface area contributed by atoms with Crippen LogP contribution in [0.4, 0.5) is 24.5 Å². The van der Waals surface area contributed by atoms with Crippen LogP contribution in [0.25, 0.3) is 0 Å². The lowest BCUT2D eigenvalue weighted by molar-refractivity contribution is -0.137.